The molecule has 1 heterocycles. The van der Waals surface area contributed by atoms with Crippen molar-refractivity contribution in [3.05, 3.63) is 108 Å². The van der Waals surface area contributed by atoms with E-state index in [1.54, 1.807) is 0 Å². The van der Waals surface area contributed by atoms with E-state index in [0.29, 0.717) is 6.42 Å². The molecule has 0 bridgehead atoms. The Kier molecular flexibility index (Phi) is 6.71. The highest BCUT2D eigenvalue weighted by Gasteiger charge is 2.26. The number of hydrogen-bond acceptors (Lipinski definition) is 2. The van der Waals surface area contributed by atoms with Crippen LogP contribution in [0.2, 0.25) is 0 Å². The van der Waals surface area contributed by atoms with E-state index >= 15 is 0 Å². The van der Waals surface area contributed by atoms with Crippen LogP contribution in [0.3, 0.4) is 0 Å². The van der Waals surface area contributed by atoms with Gasteiger partial charge < -0.3 is 4.90 Å². The second kappa shape index (κ2) is 10.0. The molecule has 0 unspecified atom stereocenters. The molecule has 0 saturated carbocycles. The van der Waals surface area contributed by atoms with Gasteiger partial charge in [-0.3, -0.25) is 9.79 Å². The maximum Gasteiger partial charge on any atom is 0.247 e. The van der Waals surface area contributed by atoms with Gasteiger partial charge >= 0.3 is 0 Å². The fourth-order valence-electron chi connectivity index (χ4n) is 4.01. The van der Waals surface area contributed by atoms with E-state index in [0.717, 1.165) is 48.3 Å². The molecule has 3 nitrogen and oxygen atoms in total. The standard InChI is InChI=1S/C27H28N2O/c30-27(29-19-11-4-12-20-29)25(21-22-13-5-1-6-14-22)28-26(23-15-7-2-8-16-23)24-17-9-3-10-18-24/h1-3,5-10,13-18,25H,4,11-12,19-21H2/t25-/m0/s1. The van der Waals surface area contributed by atoms with Crippen molar-refractivity contribution in [3.8, 4) is 0 Å². The molecule has 1 atom stereocenters. The van der Waals surface area contributed by atoms with Crippen LogP contribution in [0.1, 0.15) is 36.0 Å². The molecule has 30 heavy (non-hydrogen) atoms. The quantitative estimate of drug-likeness (QED) is 0.531. The first-order chi connectivity index (χ1) is 14.8. The fraction of sp³-hybridized carbons (Fsp3) is 0.259. The molecular weight excluding hydrogens is 368 g/mol. The minimum absolute atomic E-state index is 0.142. The molecule has 0 aliphatic carbocycles. The predicted molar refractivity (Wildman–Crippen MR) is 123 cm³/mol. The van der Waals surface area contributed by atoms with Crippen molar-refractivity contribution in [2.24, 2.45) is 4.99 Å². The summed E-state index contributed by atoms with van der Waals surface area (Å²) in [5, 5.41) is 0. The summed E-state index contributed by atoms with van der Waals surface area (Å²) in [5.41, 5.74) is 4.08. The van der Waals surface area contributed by atoms with Crippen molar-refractivity contribution in [1.82, 2.24) is 4.90 Å². The van der Waals surface area contributed by atoms with E-state index in [1.165, 1.54) is 6.42 Å². The van der Waals surface area contributed by atoms with Crippen LogP contribution < -0.4 is 0 Å². The number of nitrogens with zero attached hydrogens (tertiary/aromatic N) is 2. The van der Waals surface area contributed by atoms with Crippen LogP contribution in [0, 0.1) is 0 Å². The first-order valence-corrected chi connectivity index (χ1v) is 10.8. The largest absolute Gasteiger partial charge is 0.341 e. The number of rotatable bonds is 6. The van der Waals surface area contributed by atoms with Crippen LogP contribution in [0.15, 0.2) is 96.0 Å². The summed E-state index contributed by atoms with van der Waals surface area (Å²) in [6.45, 7) is 1.68. The van der Waals surface area contributed by atoms with Crippen molar-refractivity contribution >= 4 is 11.6 Å². The van der Waals surface area contributed by atoms with Crippen molar-refractivity contribution in [1.29, 1.82) is 0 Å². The molecule has 1 amide bonds. The van der Waals surface area contributed by atoms with Crippen LogP contribution in [0.5, 0.6) is 0 Å². The van der Waals surface area contributed by atoms with Gasteiger partial charge in [0.25, 0.3) is 0 Å². The minimum Gasteiger partial charge on any atom is -0.341 e. The molecular formula is C27H28N2O. The lowest BCUT2D eigenvalue weighted by molar-refractivity contribution is -0.133. The molecule has 1 aliphatic rings. The second-order valence-electron chi connectivity index (χ2n) is 7.80. The van der Waals surface area contributed by atoms with Crippen LogP contribution in [0.25, 0.3) is 0 Å². The zero-order valence-corrected chi connectivity index (χ0v) is 17.3. The molecule has 0 N–H and O–H groups in total. The minimum atomic E-state index is -0.430. The van der Waals surface area contributed by atoms with Gasteiger partial charge in [0.1, 0.15) is 6.04 Å². The summed E-state index contributed by atoms with van der Waals surface area (Å²) < 4.78 is 0. The van der Waals surface area contributed by atoms with Gasteiger partial charge in [-0.25, -0.2) is 0 Å². The molecule has 0 radical (unpaired) electrons. The number of likely N-dealkylation sites (tertiary alicyclic amines) is 1. The Hall–Kier alpha value is -3.20. The van der Waals surface area contributed by atoms with E-state index < -0.39 is 6.04 Å². The Bertz CT molecular complexity index is 920. The molecule has 1 fully saturated rings. The number of carbonyl (C=O) groups excluding carboxylic acids is 1. The molecule has 0 spiro atoms. The second-order valence-corrected chi connectivity index (χ2v) is 7.80. The van der Waals surface area contributed by atoms with Crippen LogP contribution in [-0.2, 0) is 11.2 Å². The number of aliphatic imine (C=N–C) groups is 1. The predicted octanol–water partition coefficient (Wildman–Crippen LogP) is 5.15. The van der Waals surface area contributed by atoms with Crippen molar-refractivity contribution in [2.45, 2.75) is 31.7 Å². The van der Waals surface area contributed by atoms with E-state index in [9.17, 15) is 4.79 Å². The summed E-state index contributed by atoms with van der Waals surface area (Å²) in [6, 6.07) is 30.1. The Balaban J connectivity index is 1.74. The third kappa shape index (κ3) is 5.04. The van der Waals surface area contributed by atoms with Gasteiger partial charge in [0.2, 0.25) is 5.91 Å². The molecule has 0 aromatic heterocycles. The van der Waals surface area contributed by atoms with Gasteiger partial charge in [-0.05, 0) is 24.8 Å². The molecule has 3 aromatic rings. The zero-order valence-electron chi connectivity index (χ0n) is 17.3. The summed E-state index contributed by atoms with van der Waals surface area (Å²) in [6.07, 6.45) is 3.98. The van der Waals surface area contributed by atoms with Gasteiger partial charge in [-0.15, -0.1) is 0 Å². The lowest BCUT2D eigenvalue weighted by Crippen LogP contribution is -2.42. The third-order valence-corrected chi connectivity index (χ3v) is 5.60. The number of hydrogen-bond donors (Lipinski definition) is 0. The van der Waals surface area contributed by atoms with Crippen LogP contribution in [-0.4, -0.2) is 35.7 Å². The van der Waals surface area contributed by atoms with Gasteiger partial charge in [-0.2, -0.15) is 0 Å². The maximum atomic E-state index is 13.5. The third-order valence-electron chi connectivity index (χ3n) is 5.60. The first-order valence-electron chi connectivity index (χ1n) is 10.8. The summed E-state index contributed by atoms with van der Waals surface area (Å²) >= 11 is 0. The molecule has 3 aromatic carbocycles. The lowest BCUT2D eigenvalue weighted by atomic mass is 9.99. The highest BCUT2D eigenvalue weighted by molar-refractivity contribution is 6.13. The van der Waals surface area contributed by atoms with Crippen molar-refractivity contribution in [3.63, 3.8) is 0 Å². The SMILES string of the molecule is O=C([C@H](Cc1ccccc1)N=C(c1ccccc1)c1ccccc1)N1CCCCC1. The van der Waals surface area contributed by atoms with Crippen LogP contribution >= 0.6 is 0 Å². The fourth-order valence-corrected chi connectivity index (χ4v) is 4.01. The Morgan fingerprint density at radius 1 is 0.733 bits per heavy atom. The summed E-state index contributed by atoms with van der Waals surface area (Å²) in [7, 11) is 0. The Morgan fingerprint density at radius 3 is 1.77 bits per heavy atom. The number of piperidine rings is 1. The first kappa shape index (κ1) is 20.1. The number of benzene rings is 3. The van der Waals surface area contributed by atoms with E-state index in [2.05, 4.69) is 36.4 Å². The number of carbonyl (C=O) groups is 1. The van der Waals surface area contributed by atoms with Gasteiger partial charge in [-0.1, -0.05) is 91.0 Å². The van der Waals surface area contributed by atoms with E-state index in [1.807, 2.05) is 59.5 Å². The summed E-state index contributed by atoms with van der Waals surface area (Å²) in [4.78, 5) is 20.6. The van der Waals surface area contributed by atoms with Gasteiger partial charge in [0.15, 0.2) is 0 Å². The van der Waals surface area contributed by atoms with Crippen molar-refractivity contribution < 1.29 is 4.79 Å². The maximum absolute atomic E-state index is 13.5. The van der Waals surface area contributed by atoms with Crippen LogP contribution in [0.4, 0.5) is 0 Å². The Labute approximate surface area is 179 Å². The van der Waals surface area contributed by atoms with Gasteiger partial charge in [0, 0.05) is 30.6 Å². The lowest BCUT2D eigenvalue weighted by Gasteiger charge is -2.29. The number of amides is 1. The monoisotopic (exact) mass is 396 g/mol. The average molecular weight is 397 g/mol. The smallest absolute Gasteiger partial charge is 0.247 e. The molecule has 1 aliphatic heterocycles. The van der Waals surface area contributed by atoms with E-state index in [-0.39, 0.29) is 5.91 Å². The van der Waals surface area contributed by atoms with Gasteiger partial charge in [0.05, 0.1) is 5.71 Å². The van der Waals surface area contributed by atoms with E-state index in [4.69, 9.17) is 4.99 Å². The molecule has 3 heteroatoms. The topological polar surface area (TPSA) is 32.7 Å². The highest BCUT2D eigenvalue weighted by Crippen LogP contribution is 2.18. The normalized spacial score (nSPS) is 14.7. The Morgan fingerprint density at radius 2 is 1.23 bits per heavy atom. The molecule has 4 rings (SSSR count). The zero-order chi connectivity index (χ0) is 20.6. The summed E-state index contributed by atoms with van der Waals surface area (Å²) in [5.74, 6) is 0.142. The molecule has 1 saturated heterocycles. The molecule has 152 valence electrons. The average Bonchev–Trinajstić information content (AvgIpc) is 2.83. The highest BCUT2D eigenvalue weighted by atomic mass is 16.2. The van der Waals surface area contributed by atoms with Crippen molar-refractivity contribution in [2.75, 3.05) is 13.1 Å².